The van der Waals surface area contributed by atoms with Gasteiger partial charge in [-0.2, -0.15) is 5.10 Å². The van der Waals surface area contributed by atoms with E-state index in [2.05, 4.69) is 9.80 Å². The fraction of sp³-hybridized carbons (Fsp3) is 0.600. The Bertz CT molecular complexity index is 681. The van der Waals surface area contributed by atoms with E-state index < -0.39 is 5.79 Å². The molecule has 3 aliphatic heterocycles. The first kappa shape index (κ1) is 19.3. The number of nitrogens with zero attached hydrogens (tertiary/aromatic N) is 4. The lowest BCUT2D eigenvalue weighted by Crippen LogP contribution is -2.71. The lowest BCUT2D eigenvalue weighted by atomic mass is 10.1. The van der Waals surface area contributed by atoms with E-state index >= 15 is 0 Å². The summed E-state index contributed by atoms with van der Waals surface area (Å²) in [5, 5.41) is 6.80. The minimum atomic E-state index is -0.559. The van der Waals surface area contributed by atoms with Gasteiger partial charge in [-0.3, -0.25) is 9.80 Å². The maximum absolute atomic E-state index is 12.6. The van der Waals surface area contributed by atoms with Crippen molar-refractivity contribution in [2.45, 2.75) is 19.1 Å². The maximum Gasteiger partial charge on any atom is 0.354 e. The predicted octanol–water partition coefficient (Wildman–Crippen LogP) is 1.13. The molecule has 0 bridgehead atoms. The Kier molecular flexibility index (Phi) is 5.91. The Labute approximate surface area is 165 Å². The maximum atomic E-state index is 12.6. The van der Waals surface area contributed by atoms with Gasteiger partial charge in [0.05, 0.1) is 45.1 Å². The number of para-hydroxylation sites is 1. The molecule has 8 nitrogen and oxygen atoms in total. The number of hydrogen-bond donors (Lipinski definition) is 0. The van der Waals surface area contributed by atoms with E-state index in [1.165, 1.54) is 0 Å². The molecule has 4 rings (SSSR count). The van der Waals surface area contributed by atoms with Crippen LogP contribution in [0.5, 0.6) is 0 Å². The fourth-order valence-corrected chi connectivity index (χ4v) is 4.23. The second kappa shape index (κ2) is 8.57. The Balaban J connectivity index is 1.77. The molecule has 0 spiro atoms. The topological polar surface area (TPSA) is 66.8 Å². The molecule has 0 saturated carbocycles. The van der Waals surface area contributed by atoms with Crippen molar-refractivity contribution in [3.8, 4) is 0 Å². The van der Waals surface area contributed by atoms with Crippen LogP contribution in [0.25, 0.3) is 0 Å². The molecule has 0 radical (unpaired) electrons. The molecule has 0 N–H and O–H groups in total. The van der Waals surface area contributed by atoms with Crippen molar-refractivity contribution in [2.24, 2.45) is 5.10 Å². The second-order valence-corrected chi connectivity index (χ2v) is 7.06. The Morgan fingerprint density at radius 3 is 2.14 bits per heavy atom. The molecular formula is C20H28N4O4. The van der Waals surface area contributed by atoms with Crippen LogP contribution in [-0.4, -0.2) is 86.5 Å². The zero-order chi connectivity index (χ0) is 19.4. The summed E-state index contributed by atoms with van der Waals surface area (Å²) in [5.41, 5.74) is 1.42. The molecule has 0 unspecified atom stereocenters. The third-order valence-corrected chi connectivity index (χ3v) is 5.51. The average molecular weight is 388 g/mol. The molecule has 0 atom stereocenters. The standard InChI is InChI=1S/C20H28N4O4/c1-2-28-19(25)18-16-20(22-8-12-26-13-9-22,23-10-14-27-15-11-23)24(21-18)17-6-4-3-5-7-17/h3-7H,2,8-16H2,1H3. The zero-order valence-corrected chi connectivity index (χ0v) is 16.4. The van der Waals surface area contributed by atoms with Crippen molar-refractivity contribution in [3.63, 3.8) is 0 Å². The number of carbonyl (C=O) groups excluding carboxylic acids is 1. The number of hydrazone groups is 1. The molecule has 0 aliphatic carbocycles. The number of carbonyl (C=O) groups is 1. The van der Waals surface area contributed by atoms with E-state index in [0.29, 0.717) is 45.2 Å². The van der Waals surface area contributed by atoms with Gasteiger partial charge >= 0.3 is 5.97 Å². The molecule has 1 aromatic rings. The average Bonchev–Trinajstić information content (AvgIpc) is 3.18. The molecule has 1 aromatic carbocycles. The monoisotopic (exact) mass is 388 g/mol. The summed E-state index contributed by atoms with van der Waals surface area (Å²) in [7, 11) is 0. The minimum absolute atomic E-state index is 0.339. The quantitative estimate of drug-likeness (QED) is 0.701. The first-order valence-corrected chi connectivity index (χ1v) is 10.0. The van der Waals surface area contributed by atoms with Gasteiger partial charge in [-0.1, -0.05) is 18.2 Å². The molecule has 152 valence electrons. The number of ether oxygens (including phenoxy) is 3. The zero-order valence-electron chi connectivity index (χ0n) is 16.4. The number of anilines is 1. The van der Waals surface area contributed by atoms with E-state index in [9.17, 15) is 4.79 Å². The molecule has 0 amide bonds. The normalized spacial score (nSPS) is 23.5. The number of esters is 1. The molecular weight excluding hydrogens is 360 g/mol. The SMILES string of the molecule is CCOC(=O)C1=NN(c2ccccc2)C(N2CCOCC2)(N2CCOCC2)C1. The summed E-state index contributed by atoms with van der Waals surface area (Å²) < 4.78 is 16.5. The van der Waals surface area contributed by atoms with Crippen LogP contribution in [0.15, 0.2) is 35.4 Å². The van der Waals surface area contributed by atoms with E-state index in [1.54, 1.807) is 0 Å². The van der Waals surface area contributed by atoms with Crippen LogP contribution in [0.3, 0.4) is 0 Å². The van der Waals surface area contributed by atoms with Gasteiger partial charge in [0.25, 0.3) is 0 Å². The predicted molar refractivity (Wildman–Crippen MR) is 105 cm³/mol. The lowest BCUT2D eigenvalue weighted by Gasteiger charge is -2.54. The number of rotatable bonds is 5. The van der Waals surface area contributed by atoms with Crippen molar-refractivity contribution >= 4 is 17.4 Å². The van der Waals surface area contributed by atoms with Gasteiger partial charge in [-0.05, 0) is 19.1 Å². The molecule has 8 heteroatoms. The van der Waals surface area contributed by atoms with E-state index in [4.69, 9.17) is 19.3 Å². The molecule has 2 fully saturated rings. The molecule has 28 heavy (non-hydrogen) atoms. The van der Waals surface area contributed by atoms with Gasteiger partial charge in [0.1, 0.15) is 0 Å². The summed E-state index contributed by atoms with van der Waals surface area (Å²) in [4.78, 5) is 17.4. The first-order valence-electron chi connectivity index (χ1n) is 10.0. The Hall–Kier alpha value is -2.00. The van der Waals surface area contributed by atoms with Crippen molar-refractivity contribution in [2.75, 3.05) is 64.2 Å². The van der Waals surface area contributed by atoms with Gasteiger partial charge in [0, 0.05) is 26.2 Å². The van der Waals surface area contributed by atoms with Crippen LogP contribution < -0.4 is 5.01 Å². The Morgan fingerprint density at radius 2 is 1.61 bits per heavy atom. The van der Waals surface area contributed by atoms with Crippen molar-refractivity contribution in [3.05, 3.63) is 30.3 Å². The third-order valence-electron chi connectivity index (χ3n) is 5.51. The third kappa shape index (κ3) is 3.53. The molecule has 3 aliphatic rings. The summed E-state index contributed by atoms with van der Waals surface area (Å²) in [5.74, 6) is -0.899. The van der Waals surface area contributed by atoms with Gasteiger partial charge in [0.2, 0.25) is 0 Å². The van der Waals surface area contributed by atoms with E-state index in [-0.39, 0.29) is 5.97 Å². The van der Waals surface area contributed by atoms with Gasteiger partial charge in [0.15, 0.2) is 11.5 Å². The highest BCUT2D eigenvalue weighted by Gasteiger charge is 2.54. The van der Waals surface area contributed by atoms with Crippen LogP contribution in [0.2, 0.25) is 0 Å². The lowest BCUT2D eigenvalue weighted by molar-refractivity contribution is -0.136. The van der Waals surface area contributed by atoms with E-state index in [1.807, 2.05) is 42.3 Å². The summed E-state index contributed by atoms with van der Waals surface area (Å²) in [6.07, 6.45) is 0.487. The van der Waals surface area contributed by atoms with Crippen molar-refractivity contribution in [1.29, 1.82) is 0 Å². The van der Waals surface area contributed by atoms with Crippen molar-refractivity contribution in [1.82, 2.24) is 9.80 Å². The van der Waals surface area contributed by atoms with Crippen LogP contribution in [-0.2, 0) is 19.0 Å². The van der Waals surface area contributed by atoms with Crippen molar-refractivity contribution < 1.29 is 19.0 Å². The van der Waals surface area contributed by atoms with Crippen LogP contribution in [0.1, 0.15) is 13.3 Å². The fourth-order valence-electron chi connectivity index (χ4n) is 4.23. The van der Waals surface area contributed by atoms with Crippen LogP contribution >= 0.6 is 0 Å². The first-order chi connectivity index (χ1) is 13.8. The van der Waals surface area contributed by atoms with Gasteiger partial charge < -0.3 is 14.2 Å². The molecule has 2 saturated heterocycles. The number of morpholine rings is 2. The van der Waals surface area contributed by atoms with Crippen LogP contribution in [0.4, 0.5) is 5.69 Å². The summed E-state index contributed by atoms with van der Waals surface area (Å²) in [6.45, 7) is 7.97. The molecule has 3 heterocycles. The smallest absolute Gasteiger partial charge is 0.354 e. The van der Waals surface area contributed by atoms with Gasteiger partial charge in [-0.25, -0.2) is 9.80 Å². The number of benzene rings is 1. The summed E-state index contributed by atoms with van der Waals surface area (Å²) in [6, 6.07) is 10.0. The highest BCUT2D eigenvalue weighted by Crippen LogP contribution is 2.39. The Morgan fingerprint density at radius 1 is 1.04 bits per heavy atom. The van der Waals surface area contributed by atoms with E-state index in [0.717, 1.165) is 31.9 Å². The highest BCUT2D eigenvalue weighted by molar-refractivity contribution is 6.37. The minimum Gasteiger partial charge on any atom is -0.461 e. The largest absolute Gasteiger partial charge is 0.461 e. The molecule has 0 aromatic heterocycles. The van der Waals surface area contributed by atoms with Gasteiger partial charge in [-0.15, -0.1) is 0 Å². The second-order valence-electron chi connectivity index (χ2n) is 7.06. The highest BCUT2D eigenvalue weighted by atomic mass is 16.5. The number of hydrogen-bond acceptors (Lipinski definition) is 8. The summed E-state index contributed by atoms with van der Waals surface area (Å²) >= 11 is 0. The van der Waals surface area contributed by atoms with Crippen LogP contribution in [0, 0.1) is 0 Å².